The molecule has 194 valence electrons. The summed E-state index contributed by atoms with van der Waals surface area (Å²) in [6, 6.07) is 24.1. The summed E-state index contributed by atoms with van der Waals surface area (Å²) >= 11 is 0. The molecule has 1 fully saturated rings. The Hall–Kier alpha value is -3.40. The van der Waals surface area contributed by atoms with Crippen LogP contribution in [0.15, 0.2) is 72.8 Å². The fraction of sp³-hybridized carbons (Fsp3) is 0.394. The lowest BCUT2D eigenvalue weighted by Crippen LogP contribution is -2.53. The molecule has 3 aromatic rings. The van der Waals surface area contributed by atoms with Gasteiger partial charge < -0.3 is 10.2 Å². The van der Waals surface area contributed by atoms with Crippen LogP contribution >= 0.6 is 0 Å². The van der Waals surface area contributed by atoms with Gasteiger partial charge in [0.2, 0.25) is 11.8 Å². The Morgan fingerprint density at radius 3 is 2.27 bits per heavy atom. The summed E-state index contributed by atoms with van der Waals surface area (Å²) in [5.74, 6) is -0.0624. The first-order chi connectivity index (χ1) is 17.9. The lowest BCUT2D eigenvalue weighted by Gasteiger charge is -2.34. The molecule has 1 aliphatic carbocycles. The molecule has 1 atom stereocenters. The van der Waals surface area contributed by atoms with Crippen LogP contribution in [0, 0.1) is 20.8 Å². The number of aryl methyl sites for hydroxylation is 3. The molecule has 0 aliphatic heterocycles. The summed E-state index contributed by atoms with van der Waals surface area (Å²) in [7, 11) is 0. The maximum Gasteiger partial charge on any atom is 0.243 e. The van der Waals surface area contributed by atoms with Crippen molar-refractivity contribution >= 4 is 11.8 Å². The Balaban J connectivity index is 1.68. The molecule has 2 amide bonds. The van der Waals surface area contributed by atoms with Crippen LogP contribution in [0.2, 0.25) is 0 Å². The Morgan fingerprint density at radius 1 is 0.838 bits per heavy atom. The second-order valence-corrected chi connectivity index (χ2v) is 10.7. The molecule has 1 aliphatic rings. The summed E-state index contributed by atoms with van der Waals surface area (Å²) in [5.41, 5.74) is 6.49. The summed E-state index contributed by atoms with van der Waals surface area (Å²) in [6.07, 6.45) is 6.31. The zero-order valence-electron chi connectivity index (χ0n) is 22.5. The fourth-order valence-corrected chi connectivity index (χ4v) is 5.36. The molecule has 1 N–H and O–H groups in total. The minimum atomic E-state index is -0.581. The summed E-state index contributed by atoms with van der Waals surface area (Å²) in [5, 5.41) is 3.32. The summed E-state index contributed by atoms with van der Waals surface area (Å²) in [6.45, 7) is 6.56. The molecule has 1 saturated carbocycles. The highest BCUT2D eigenvalue weighted by atomic mass is 16.2. The van der Waals surface area contributed by atoms with Gasteiger partial charge in [-0.15, -0.1) is 0 Å². The standard InChI is InChI=1S/C33H40N2O2/c1-24-11-10-14-28(19-24)23-35(32(36)22-29-20-25(2)17-18-26(29)3)31(21-27-12-6-4-7-13-27)33(37)34-30-15-8-5-9-16-30/h4,6-7,10-14,17-20,30-31H,5,8-9,15-16,21-23H2,1-3H3,(H,34,37)/t31-/m0/s1. The van der Waals surface area contributed by atoms with E-state index in [0.29, 0.717) is 13.0 Å². The SMILES string of the molecule is Cc1cccc(CN(C(=O)Cc2cc(C)ccc2C)[C@@H](Cc2ccccc2)C(=O)NC2CCCCC2)c1. The van der Waals surface area contributed by atoms with E-state index in [1.165, 1.54) is 6.42 Å². The number of carbonyl (C=O) groups is 2. The predicted octanol–water partition coefficient (Wildman–Crippen LogP) is 6.24. The quantitative estimate of drug-likeness (QED) is 0.381. The molecule has 0 aromatic heterocycles. The van der Waals surface area contributed by atoms with Gasteiger partial charge in [0.05, 0.1) is 6.42 Å². The van der Waals surface area contributed by atoms with Gasteiger partial charge in [0, 0.05) is 19.0 Å². The molecule has 0 spiro atoms. The van der Waals surface area contributed by atoms with Crippen LogP contribution in [-0.4, -0.2) is 28.8 Å². The molecule has 4 nitrogen and oxygen atoms in total. The van der Waals surface area contributed by atoms with Crippen molar-refractivity contribution in [2.75, 3.05) is 0 Å². The predicted molar refractivity (Wildman–Crippen MR) is 150 cm³/mol. The van der Waals surface area contributed by atoms with Gasteiger partial charge in [0.15, 0.2) is 0 Å². The summed E-state index contributed by atoms with van der Waals surface area (Å²) in [4.78, 5) is 29.7. The first-order valence-electron chi connectivity index (χ1n) is 13.6. The highest BCUT2D eigenvalue weighted by molar-refractivity contribution is 5.89. The number of nitrogens with one attached hydrogen (secondary N) is 1. The van der Waals surface area contributed by atoms with Gasteiger partial charge in [0.25, 0.3) is 0 Å². The van der Waals surface area contributed by atoms with Crippen LogP contribution in [-0.2, 0) is 29.0 Å². The molecule has 0 unspecified atom stereocenters. The summed E-state index contributed by atoms with van der Waals surface area (Å²) < 4.78 is 0. The van der Waals surface area contributed by atoms with Gasteiger partial charge in [-0.05, 0) is 55.9 Å². The monoisotopic (exact) mass is 496 g/mol. The molecule has 0 saturated heterocycles. The zero-order chi connectivity index (χ0) is 26.2. The zero-order valence-corrected chi connectivity index (χ0v) is 22.5. The van der Waals surface area contributed by atoms with E-state index >= 15 is 0 Å². The number of carbonyl (C=O) groups excluding carboxylic acids is 2. The van der Waals surface area contributed by atoms with Crippen molar-refractivity contribution in [3.8, 4) is 0 Å². The second-order valence-electron chi connectivity index (χ2n) is 10.7. The van der Waals surface area contributed by atoms with E-state index in [2.05, 4.69) is 42.6 Å². The third-order valence-corrected chi connectivity index (χ3v) is 7.50. The van der Waals surface area contributed by atoms with Gasteiger partial charge in [-0.25, -0.2) is 0 Å². The third kappa shape index (κ3) is 7.55. The van der Waals surface area contributed by atoms with Crippen LogP contribution in [0.25, 0.3) is 0 Å². The fourth-order valence-electron chi connectivity index (χ4n) is 5.36. The molecule has 3 aromatic carbocycles. The van der Waals surface area contributed by atoms with Gasteiger partial charge >= 0.3 is 0 Å². The van der Waals surface area contributed by atoms with E-state index in [1.54, 1.807) is 0 Å². The van der Waals surface area contributed by atoms with E-state index < -0.39 is 6.04 Å². The lowest BCUT2D eigenvalue weighted by atomic mass is 9.94. The maximum atomic E-state index is 14.0. The molecule has 4 rings (SSSR count). The van der Waals surface area contributed by atoms with E-state index in [-0.39, 0.29) is 24.3 Å². The van der Waals surface area contributed by atoms with Crippen molar-refractivity contribution in [3.05, 3.63) is 106 Å². The van der Waals surface area contributed by atoms with Crippen molar-refractivity contribution in [1.29, 1.82) is 0 Å². The number of benzene rings is 3. The average molecular weight is 497 g/mol. The smallest absolute Gasteiger partial charge is 0.243 e. The van der Waals surface area contributed by atoms with Crippen LogP contribution in [0.4, 0.5) is 0 Å². The number of hydrogen-bond donors (Lipinski definition) is 1. The number of hydrogen-bond acceptors (Lipinski definition) is 2. The van der Waals surface area contributed by atoms with Crippen molar-refractivity contribution < 1.29 is 9.59 Å². The highest BCUT2D eigenvalue weighted by Gasteiger charge is 2.32. The van der Waals surface area contributed by atoms with Crippen molar-refractivity contribution in [2.45, 2.75) is 84.3 Å². The molecule has 0 radical (unpaired) electrons. The minimum Gasteiger partial charge on any atom is -0.352 e. The van der Waals surface area contributed by atoms with E-state index in [0.717, 1.165) is 59.1 Å². The Morgan fingerprint density at radius 2 is 1.54 bits per heavy atom. The lowest BCUT2D eigenvalue weighted by molar-refractivity contribution is -0.141. The number of rotatable bonds is 9. The molecular formula is C33H40N2O2. The van der Waals surface area contributed by atoms with Crippen LogP contribution in [0.1, 0.15) is 65.5 Å². The molecule has 4 heteroatoms. The van der Waals surface area contributed by atoms with Crippen LogP contribution in [0.5, 0.6) is 0 Å². The number of amides is 2. The van der Waals surface area contributed by atoms with Crippen molar-refractivity contribution in [2.24, 2.45) is 0 Å². The Labute approximate surface area is 222 Å². The molecule has 0 bridgehead atoms. The highest BCUT2D eigenvalue weighted by Crippen LogP contribution is 2.21. The van der Waals surface area contributed by atoms with Crippen molar-refractivity contribution in [3.63, 3.8) is 0 Å². The minimum absolute atomic E-state index is 0.0186. The normalized spacial score (nSPS) is 14.7. The van der Waals surface area contributed by atoms with Gasteiger partial charge in [-0.3, -0.25) is 9.59 Å². The van der Waals surface area contributed by atoms with Crippen LogP contribution in [0.3, 0.4) is 0 Å². The Kier molecular flexibility index (Phi) is 9.16. The first kappa shape index (κ1) is 26.7. The number of nitrogens with zero attached hydrogens (tertiary/aromatic N) is 1. The first-order valence-corrected chi connectivity index (χ1v) is 13.6. The Bertz CT molecular complexity index is 1200. The topological polar surface area (TPSA) is 49.4 Å². The van der Waals surface area contributed by atoms with E-state index in [9.17, 15) is 9.59 Å². The molecule has 0 heterocycles. The second kappa shape index (κ2) is 12.7. The van der Waals surface area contributed by atoms with Crippen molar-refractivity contribution in [1.82, 2.24) is 10.2 Å². The van der Waals surface area contributed by atoms with Crippen LogP contribution < -0.4 is 5.32 Å². The van der Waals surface area contributed by atoms with Gasteiger partial charge in [-0.2, -0.15) is 0 Å². The van der Waals surface area contributed by atoms with Gasteiger partial charge in [0.1, 0.15) is 6.04 Å². The van der Waals surface area contributed by atoms with Gasteiger partial charge in [-0.1, -0.05) is 103 Å². The maximum absolute atomic E-state index is 14.0. The molecular weight excluding hydrogens is 456 g/mol. The third-order valence-electron chi connectivity index (χ3n) is 7.50. The molecule has 37 heavy (non-hydrogen) atoms. The van der Waals surface area contributed by atoms with E-state index in [4.69, 9.17) is 0 Å². The van der Waals surface area contributed by atoms with E-state index in [1.807, 2.05) is 61.2 Å². The largest absolute Gasteiger partial charge is 0.352 e. The average Bonchev–Trinajstić information content (AvgIpc) is 2.89.